The monoisotopic (exact) mass is 294 g/mol. The molecule has 0 aliphatic heterocycles. The molecule has 20 heavy (non-hydrogen) atoms. The lowest BCUT2D eigenvalue weighted by molar-refractivity contribution is 0.154. The van der Waals surface area contributed by atoms with Gasteiger partial charge in [-0.15, -0.1) is 0 Å². The van der Waals surface area contributed by atoms with Crippen molar-refractivity contribution in [3.05, 3.63) is 35.0 Å². The Kier molecular flexibility index (Phi) is 4.81. The van der Waals surface area contributed by atoms with Gasteiger partial charge in [0.1, 0.15) is 10.9 Å². The second kappa shape index (κ2) is 6.39. The van der Waals surface area contributed by atoms with E-state index in [1.165, 1.54) is 0 Å². The van der Waals surface area contributed by atoms with Gasteiger partial charge in [0.05, 0.1) is 19.2 Å². The molecule has 0 amide bonds. The first kappa shape index (κ1) is 15.0. The molecular formula is C15H19ClN2O2. The highest BCUT2D eigenvalue weighted by Gasteiger charge is 2.12. The highest BCUT2D eigenvalue weighted by Crippen LogP contribution is 2.25. The summed E-state index contributed by atoms with van der Waals surface area (Å²) in [7, 11) is 3.58. The Morgan fingerprint density at radius 3 is 2.80 bits per heavy atom. The Morgan fingerprint density at radius 1 is 1.40 bits per heavy atom. The van der Waals surface area contributed by atoms with Crippen molar-refractivity contribution in [3.63, 3.8) is 0 Å². The molecule has 0 aliphatic carbocycles. The van der Waals surface area contributed by atoms with Crippen molar-refractivity contribution in [2.24, 2.45) is 0 Å². The summed E-state index contributed by atoms with van der Waals surface area (Å²) < 4.78 is 5.18. The molecule has 4 nitrogen and oxygen atoms in total. The summed E-state index contributed by atoms with van der Waals surface area (Å²) in [5.74, 6) is 0.764. The molecule has 2 rings (SSSR count). The standard InChI is InChI=1S/C15H19ClN2O2/c1-10(9-19)18(2)8-12-6-11-4-5-13(20-3)7-14(11)17-15(12)16/h4-7,10,19H,8-9H2,1-3H3. The maximum atomic E-state index is 9.18. The molecule has 0 aliphatic rings. The number of hydrogen-bond donors (Lipinski definition) is 1. The van der Waals surface area contributed by atoms with Crippen molar-refractivity contribution in [2.45, 2.75) is 19.5 Å². The van der Waals surface area contributed by atoms with E-state index in [-0.39, 0.29) is 12.6 Å². The Balaban J connectivity index is 2.33. The Labute approximate surface area is 123 Å². The number of aromatic nitrogens is 1. The zero-order valence-electron chi connectivity index (χ0n) is 11.9. The molecule has 1 N–H and O–H groups in total. The van der Waals surface area contributed by atoms with Crippen molar-refractivity contribution in [1.29, 1.82) is 0 Å². The van der Waals surface area contributed by atoms with E-state index >= 15 is 0 Å². The van der Waals surface area contributed by atoms with Crippen LogP contribution in [0.4, 0.5) is 0 Å². The van der Waals surface area contributed by atoms with E-state index in [4.69, 9.17) is 16.3 Å². The van der Waals surface area contributed by atoms with E-state index in [1.54, 1.807) is 7.11 Å². The number of aliphatic hydroxyl groups excluding tert-OH is 1. The predicted octanol–water partition coefficient (Wildman–Crippen LogP) is 2.71. The summed E-state index contributed by atoms with van der Waals surface area (Å²) >= 11 is 6.25. The van der Waals surface area contributed by atoms with Gasteiger partial charge in [-0.1, -0.05) is 11.6 Å². The molecule has 1 atom stereocenters. The van der Waals surface area contributed by atoms with Crippen molar-refractivity contribution in [3.8, 4) is 5.75 Å². The van der Waals surface area contributed by atoms with Gasteiger partial charge < -0.3 is 9.84 Å². The van der Waals surface area contributed by atoms with Gasteiger partial charge in [-0.25, -0.2) is 4.98 Å². The number of halogens is 1. The highest BCUT2D eigenvalue weighted by molar-refractivity contribution is 6.30. The fourth-order valence-electron chi connectivity index (χ4n) is 1.97. The summed E-state index contributed by atoms with van der Waals surface area (Å²) in [5, 5.41) is 10.7. The van der Waals surface area contributed by atoms with E-state index in [2.05, 4.69) is 4.98 Å². The van der Waals surface area contributed by atoms with Gasteiger partial charge in [-0.3, -0.25) is 4.90 Å². The number of rotatable bonds is 5. The van der Waals surface area contributed by atoms with E-state index < -0.39 is 0 Å². The number of benzene rings is 1. The maximum absolute atomic E-state index is 9.18. The summed E-state index contributed by atoms with van der Waals surface area (Å²) in [6.07, 6.45) is 0. The zero-order chi connectivity index (χ0) is 14.7. The Morgan fingerprint density at radius 2 is 2.15 bits per heavy atom. The third-order valence-electron chi connectivity index (χ3n) is 3.49. The summed E-state index contributed by atoms with van der Waals surface area (Å²) in [6, 6.07) is 7.85. The van der Waals surface area contributed by atoms with Gasteiger partial charge in [-0.05, 0) is 32.2 Å². The van der Waals surface area contributed by atoms with Crippen LogP contribution in [0.1, 0.15) is 12.5 Å². The summed E-state index contributed by atoms with van der Waals surface area (Å²) in [6.45, 7) is 2.73. The van der Waals surface area contributed by atoms with Crippen LogP contribution in [0.2, 0.25) is 5.15 Å². The molecule has 0 bridgehead atoms. The molecule has 1 heterocycles. The molecule has 0 saturated carbocycles. The average molecular weight is 295 g/mol. The molecule has 1 unspecified atom stereocenters. The van der Waals surface area contributed by atoms with Crippen LogP contribution in [0.3, 0.4) is 0 Å². The third kappa shape index (κ3) is 3.20. The van der Waals surface area contributed by atoms with Crippen molar-refractivity contribution < 1.29 is 9.84 Å². The average Bonchev–Trinajstić information content (AvgIpc) is 2.46. The molecular weight excluding hydrogens is 276 g/mol. The lowest BCUT2D eigenvalue weighted by Gasteiger charge is -2.23. The number of nitrogens with zero attached hydrogens (tertiary/aromatic N) is 2. The lowest BCUT2D eigenvalue weighted by Crippen LogP contribution is -2.31. The number of hydrogen-bond acceptors (Lipinski definition) is 4. The first-order chi connectivity index (χ1) is 9.55. The molecule has 0 fully saturated rings. The third-order valence-corrected chi connectivity index (χ3v) is 3.81. The molecule has 2 aromatic rings. The van der Waals surface area contributed by atoms with Gasteiger partial charge in [-0.2, -0.15) is 0 Å². The minimum absolute atomic E-state index is 0.0811. The van der Waals surface area contributed by atoms with Crippen molar-refractivity contribution >= 4 is 22.5 Å². The van der Waals surface area contributed by atoms with E-state index in [1.807, 2.05) is 43.1 Å². The van der Waals surface area contributed by atoms with Crippen molar-refractivity contribution in [2.75, 3.05) is 20.8 Å². The quantitative estimate of drug-likeness (QED) is 0.861. The van der Waals surface area contributed by atoms with Gasteiger partial charge in [0.15, 0.2) is 0 Å². The first-order valence-electron chi connectivity index (χ1n) is 6.49. The Bertz CT molecular complexity index is 604. The minimum Gasteiger partial charge on any atom is -0.497 e. The smallest absolute Gasteiger partial charge is 0.134 e. The number of aliphatic hydroxyl groups is 1. The maximum Gasteiger partial charge on any atom is 0.134 e. The van der Waals surface area contributed by atoms with Crippen LogP contribution in [0.25, 0.3) is 10.9 Å². The second-order valence-corrected chi connectivity index (χ2v) is 5.30. The molecule has 5 heteroatoms. The van der Waals surface area contributed by atoms with Gasteiger partial charge in [0.2, 0.25) is 0 Å². The lowest BCUT2D eigenvalue weighted by atomic mass is 10.1. The number of likely N-dealkylation sites (N-methyl/N-ethyl adjacent to an activating group) is 1. The normalized spacial score (nSPS) is 12.9. The largest absolute Gasteiger partial charge is 0.497 e. The second-order valence-electron chi connectivity index (χ2n) is 4.94. The molecule has 0 radical (unpaired) electrons. The van der Waals surface area contributed by atoms with Gasteiger partial charge >= 0.3 is 0 Å². The molecule has 108 valence electrons. The molecule has 1 aromatic heterocycles. The number of methoxy groups -OCH3 is 1. The van der Waals surface area contributed by atoms with E-state index in [9.17, 15) is 5.11 Å². The van der Waals surface area contributed by atoms with Gasteiger partial charge in [0.25, 0.3) is 0 Å². The van der Waals surface area contributed by atoms with Crippen molar-refractivity contribution in [1.82, 2.24) is 9.88 Å². The van der Waals surface area contributed by atoms with Crippen LogP contribution in [0.5, 0.6) is 5.75 Å². The highest BCUT2D eigenvalue weighted by atomic mass is 35.5. The van der Waals surface area contributed by atoms with E-state index in [0.717, 1.165) is 22.2 Å². The van der Waals surface area contributed by atoms with Gasteiger partial charge in [0, 0.05) is 29.6 Å². The summed E-state index contributed by atoms with van der Waals surface area (Å²) in [4.78, 5) is 6.46. The fraction of sp³-hybridized carbons (Fsp3) is 0.400. The molecule has 1 aromatic carbocycles. The number of ether oxygens (including phenoxy) is 1. The minimum atomic E-state index is 0.0811. The number of pyridine rings is 1. The van der Waals surface area contributed by atoms with Crippen LogP contribution < -0.4 is 4.74 Å². The number of fused-ring (bicyclic) bond motifs is 1. The van der Waals surface area contributed by atoms with Crippen LogP contribution >= 0.6 is 11.6 Å². The Hall–Kier alpha value is -1.36. The van der Waals surface area contributed by atoms with E-state index in [0.29, 0.717) is 11.7 Å². The molecule has 0 spiro atoms. The van der Waals surface area contributed by atoms with Crippen LogP contribution in [0.15, 0.2) is 24.3 Å². The predicted molar refractivity (Wildman–Crippen MR) is 81.3 cm³/mol. The first-order valence-corrected chi connectivity index (χ1v) is 6.87. The summed E-state index contributed by atoms with van der Waals surface area (Å²) in [5.41, 5.74) is 1.77. The van der Waals surface area contributed by atoms with Crippen LogP contribution in [-0.4, -0.2) is 41.8 Å². The van der Waals surface area contributed by atoms with Crippen LogP contribution in [-0.2, 0) is 6.54 Å². The fourth-order valence-corrected chi connectivity index (χ4v) is 2.17. The topological polar surface area (TPSA) is 45.6 Å². The molecule has 0 saturated heterocycles. The van der Waals surface area contributed by atoms with Crippen LogP contribution in [0, 0.1) is 0 Å². The zero-order valence-corrected chi connectivity index (χ0v) is 12.7. The SMILES string of the molecule is COc1ccc2cc(CN(C)C(C)CO)c(Cl)nc2c1.